The van der Waals surface area contributed by atoms with E-state index in [2.05, 4.69) is 131 Å². The zero-order valence-corrected chi connectivity index (χ0v) is 42.4. The van der Waals surface area contributed by atoms with Crippen molar-refractivity contribution >= 4 is 31.6 Å². The highest BCUT2D eigenvalue weighted by Gasteiger charge is 2.67. The van der Waals surface area contributed by atoms with Gasteiger partial charge in [-0.25, -0.2) is 4.68 Å². The van der Waals surface area contributed by atoms with Crippen LogP contribution in [0.25, 0.3) is 11.3 Å². The van der Waals surface area contributed by atoms with Gasteiger partial charge in [-0.05, 0) is 116 Å². The number of aliphatic hydroxyl groups is 1. The van der Waals surface area contributed by atoms with Gasteiger partial charge in [-0.3, -0.25) is 9.20 Å². The number of aliphatic hydroxyl groups excluding tert-OH is 1. The van der Waals surface area contributed by atoms with E-state index in [4.69, 9.17) is 19.0 Å². The Hall–Kier alpha value is -4.72. The molecule has 0 saturated carbocycles. The predicted molar refractivity (Wildman–Crippen MR) is 266 cm³/mol. The summed E-state index contributed by atoms with van der Waals surface area (Å²) in [5.74, 6) is 3.25. The summed E-state index contributed by atoms with van der Waals surface area (Å²) in [7, 11) is -2.08. The fourth-order valence-electron chi connectivity index (χ4n) is 11.6. The fourth-order valence-corrected chi connectivity index (χ4v) is 18.2. The van der Waals surface area contributed by atoms with Crippen molar-refractivity contribution < 1.29 is 23.8 Å². The van der Waals surface area contributed by atoms with E-state index in [0.717, 1.165) is 72.8 Å². The maximum absolute atomic E-state index is 13.8. The zero-order valence-electron chi connectivity index (χ0n) is 41.4. The first-order valence-electron chi connectivity index (χ1n) is 24.7. The molecule has 5 aromatic rings. The molecule has 8 rings (SSSR count). The average Bonchev–Trinajstić information content (AvgIpc) is 3.91. The highest BCUT2D eigenvalue weighted by Crippen LogP contribution is 2.68. The van der Waals surface area contributed by atoms with Gasteiger partial charge in [-0.1, -0.05) is 92.6 Å². The van der Waals surface area contributed by atoms with Crippen LogP contribution in [0.1, 0.15) is 162 Å². The van der Waals surface area contributed by atoms with Crippen LogP contribution in [0.5, 0.6) is 11.5 Å². The Morgan fingerprint density at radius 1 is 0.939 bits per heavy atom. The van der Waals surface area contributed by atoms with Crippen molar-refractivity contribution in [2.75, 3.05) is 23.4 Å². The molecule has 2 aliphatic heterocycles. The third-order valence-corrected chi connectivity index (χ3v) is 22.6. The number of hydrogen-bond acceptors (Lipinski definition) is 9. The minimum absolute atomic E-state index is 0.0450. The Kier molecular flexibility index (Phi) is 13.8. The number of nitrogens with one attached hydrogen (secondary N) is 1. The van der Waals surface area contributed by atoms with Gasteiger partial charge in [-0.2, -0.15) is 5.10 Å². The molecule has 2 aromatic carbocycles. The van der Waals surface area contributed by atoms with Gasteiger partial charge in [0.1, 0.15) is 30.0 Å². The first-order chi connectivity index (χ1) is 31.4. The van der Waals surface area contributed by atoms with Gasteiger partial charge in [0.05, 0.1) is 30.8 Å². The number of anilines is 2. The molecule has 1 amide bonds. The van der Waals surface area contributed by atoms with Crippen LogP contribution in [0.2, 0.25) is 16.6 Å². The number of benzene rings is 2. The minimum atomic E-state index is -2.08. The first kappa shape index (κ1) is 47.8. The number of fused-ring (bicyclic) bond motifs is 2. The molecular weight excluding hydrogens is 843 g/mol. The number of aromatic nitrogens is 5. The second-order valence-corrected chi connectivity index (χ2v) is 26.5. The molecular formula is C53H75N7O5Si. The van der Waals surface area contributed by atoms with E-state index in [-0.39, 0.29) is 36.1 Å². The van der Waals surface area contributed by atoms with Crippen LogP contribution >= 0.6 is 0 Å². The average molecular weight is 918 g/mol. The van der Waals surface area contributed by atoms with Crippen LogP contribution in [0.3, 0.4) is 0 Å². The van der Waals surface area contributed by atoms with Crippen molar-refractivity contribution in [2.45, 2.75) is 180 Å². The van der Waals surface area contributed by atoms with E-state index in [1.807, 2.05) is 41.1 Å². The summed E-state index contributed by atoms with van der Waals surface area (Å²) in [4.78, 5) is 16.2. The molecule has 66 heavy (non-hydrogen) atoms. The molecule has 13 heteroatoms. The standard InChI is InChI=1S/C53H75N7O5Si/c1-34(2)66(37(5)53(10,11)38(66)6)64-33-40-22-24-41(30-46(40)63-29-28-61)60-49(31-47(57-60)52(7,8)9)54-50(62)21-15-18-39-23-26-45(44-20-13-12-19-43(39)44)65-42-25-27-48-55-56-51(58(48)32-42)59-35(3)16-14-17-36(59)4/h12-13,19-20,22,24-25,27,30-32,34-39,45,61H,14-18,21,23,26,28-29,33H2,1-11H3,(H,54,62). The lowest BCUT2D eigenvalue weighted by Crippen LogP contribution is -2.66. The van der Waals surface area contributed by atoms with E-state index in [1.54, 1.807) is 0 Å². The third-order valence-electron chi connectivity index (χ3n) is 15.9. The topological polar surface area (TPSA) is 128 Å². The van der Waals surface area contributed by atoms with Gasteiger partial charge in [0.15, 0.2) is 5.65 Å². The van der Waals surface area contributed by atoms with Crippen molar-refractivity contribution in [1.82, 2.24) is 24.4 Å². The number of carbonyl (C=O) groups is 1. The summed E-state index contributed by atoms with van der Waals surface area (Å²) in [6, 6.07) is 21.5. The van der Waals surface area contributed by atoms with Crippen molar-refractivity contribution in [3.63, 3.8) is 0 Å². The normalized spacial score (nSPS) is 25.1. The quantitative estimate of drug-likeness (QED) is 0.0930. The van der Waals surface area contributed by atoms with E-state index >= 15 is 0 Å². The molecule has 0 bridgehead atoms. The van der Waals surface area contributed by atoms with Crippen molar-refractivity contribution in [1.29, 1.82) is 0 Å². The number of piperidine rings is 1. The van der Waals surface area contributed by atoms with Crippen LogP contribution in [-0.2, 0) is 21.2 Å². The number of amides is 1. The van der Waals surface area contributed by atoms with Gasteiger partial charge < -0.3 is 29.2 Å². The SMILES string of the molecule is CC1CCCC(C)N1c1nnc2ccc(OC3CCC(CCCC(=O)Nc4cc(C(C)(C)C)nn4-c4ccc(CO[Si]5(C(C)C)C(C)C(C)(C)C5C)c(OCCO)c4)c4ccccc43)cn12. The predicted octanol–water partition coefficient (Wildman–Crippen LogP) is 11.8. The van der Waals surface area contributed by atoms with Crippen LogP contribution in [0, 0.1) is 5.41 Å². The second-order valence-electron chi connectivity index (χ2n) is 21.6. The molecule has 3 aliphatic rings. The zero-order chi connectivity index (χ0) is 47.1. The Morgan fingerprint density at radius 3 is 2.36 bits per heavy atom. The summed E-state index contributed by atoms with van der Waals surface area (Å²) in [5, 5.41) is 27.2. The van der Waals surface area contributed by atoms with Crippen LogP contribution in [0.4, 0.5) is 11.8 Å². The number of carbonyl (C=O) groups excluding carboxylic acids is 1. The number of ether oxygens (including phenoxy) is 2. The number of pyridine rings is 1. The molecule has 356 valence electrons. The molecule has 5 heterocycles. The number of nitrogens with zero attached hydrogens (tertiary/aromatic N) is 6. The molecule has 6 unspecified atom stereocenters. The molecule has 2 fully saturated rings. The van der Waals surface area contributed by atoms with Crippen molar-refractivity contribution in [2.24, 2.45) is 5.41 Å². The van der Waals surface area contributed by atoms with E-state index in [9.17, 15) is 9.90 Å². The largest absolute Gasteiger partial charge is 0.491 e. The van der Waals surface area contributed by atoms with Crippen LogP contribution in [-0.4, -0.2) is 69.0 Å². The van der Waals surface area contributed by atoms with E-state index in [0.29, 0.717) is 59.2 Å². The lowest BCUT2D eigenvalue weighted by molar-refractivity contribution is -0.116. The molecule has 2 saturated heterocycles. The lowest BCUT2D eigenvalue weighted by Gasteiger charge is -2.64. The minimum Gasteiger partial charge on any atom is -0.491 e. The molecule has 0 spiro atoms. The first-order valence-corrected chi connectivity index (χ1v) is 26.9. The summed E-state index contributed by atoms with van der Waals surface area (Å²) < 4.78 is 23.9. The summed E-state index contributed by atoms with van der Waals surface area (Å²) in [6.07, 6.45) is 9.43. The van der Waals surface area contributed by atoms with Crippen molar-refractivity contribution in [3.05, 3.63) is 89.2 Å². The van der Waals surface area contributed by atoms with Crippen LogP contribution < -0.4 is 19.7 Å². The highest BCUT2D eigenvalue weighted by atomic mass is 28.4. The van der Waals surface area contributed by atoms with Gasteiger partial charge in [0.25, 0.3) is 0 Å². The maximum Gasteiger partial charge on any atom is 0.232 e. The number of rotatable bonds is 16. The van der Waals surface area contributed by atoms with E-state index < -0.39 is 8.32 Å². The monoisotopic (exact) mass is 918 g/mol. The Balaban J connectivity index is 0.936. The Morgan fingerprint density at radius 2 is 1.67 bits per heavy atom. The summed E-state index contributed by atoms with van der Waals surface area (Å²) in [5.41, 5.74) is 7.45. The second kappa shape index (κ2) is 19.1. The smallest absolute Gasteiger partial charge is 0.232 e. The van der Waals surface area contributed by atoms with Gasteiger partial charge in [-0.15, -0.1) is 10.2 Å². The van der Waals surface area contributed by atoms with Crippen molar-refractivity contribution in [3.8, 4) is 17.2 Å². The molecule has 3 aromatic heterocycles. The Bertz CT molecular complexity index is 2470. The van der Waals surface area contributed by atoms with Gasteiger partial charge >= 0.3 is 0 Å². The third kappa shape index (κ3) is 9.16. The maximum atomic E-state index is 13.8. The molecule has 1 aliphatic carbocycles. The van der Waals surface area contributed by atoms with Gasteiger partial charge in [0, 0.05) is 41.6 Å². The van der Waals surface area contributed by atoms with Crippen LogP contribution in [0.15, 0.2) is 66.9 Å². The van der Waals surface area contributed by atoms with E-state index in [1.165, 1.54) is 17.5 Å². The summed E-state index contributed by atoms with van der Waals surface area (Å²) in [6.45, 7) is 25.5. The molecule has 6 atom stereocenters. The highest BCUT2D eigenvalue weighted by molar-refractivity contribution is 6.81. The number of hydrogen-bond donors (Lipinski definition) is 2. The molecule has 0 radical (unpaired) electrons. The lowest BCUT2D eigenvalue weighted by atomic mass is 9.79. The fraction of sp³-hybridized carbons (Fsp3) is 0.585. The molecule has 12 nitrogen and oxygen atoms in total. The Labute approximate surface area is 394 Å². The summed E-state index contributed by atoms with van der Waals surface area (Å²) >= 11 is 0. The van der Waals surface area contributed by atoms with Gasteiger partial charge in [0.2, 0.25) is 20.2 Å². The molecule has 2 N–H and O–H groups in total.